The largest absolute Gasteiger partial charge is 0.375 e. The number of rotatable bonds is 4. The molecule has 1 saturated carbocycles. The van der Waals surface area contributed by atoms with Gasteiger partial charge in [0, 0.05) is 24.4 Å². The van der Waals surface area contributed by atoms with Crippen LogP contribution in [0.4, 0.5) is 0 Å². The summed E-state index contributed by atoms with van der Waals surface area (Å²) in [5, 5.41) is 7.20. The van der Waals surface area contributed by atoms with Gasteiger partial charge in [-0.15, -0.1) is 0 Å². The molecule has 104 valence electrons. The molecule has 2 rings (SSSR count). The van der Waals surface area contributed by atoms with E-state index in [1.165, 1.54) is 12.8 Å². The van der Waals surface area contributed by atoms with Crippen LogP contribution >= 0.6 is 11.8 Å². The van der Waals surface area contributed by atoms with Gasteiger partial charge < -0.3 is 15.4 Å². The lowest BCUT2D eigenvalue weighted by atomic mass is 9.95. The molecular formula is C13H24N2O2S. The van der Waals surface area contributed by atoms with E-state index in [4.69, 9.17) is 4.74 Å². The van der Waals surface area contributed by atoms with Gasteiger partial charge in [0.25, 0.3) is 0 Å². The standard InChI is InChI=1S/C13H24N2O2S/c1-18-12-4-2-10(3-5-12)15-13(16)8-11-9-14-6-7-17-11/h10-12,14H,2-9H2,1H3,(H,15,16). The van der Waals surface area contributed by atoms with Gasteiger partial charge in [0.05, 0.1) is 19.1 Å². The summed E-state index contributed by atoms with van der Waals surface area (Å²) in [5.74, 6) is 0.149. The van der Waals surface area contributed by atoms with Crippen LogP contribution in [-0.4, -0.2) is 49.3 Å². The number of carbonyl (C=O) groups is 1. The van der Waals surface area contributed by atoms with E-state index in [1.54, 1.807) is 0 Å². The first-order chi connectivity index (χ1) is 8.78. The third kappa shape index (κ3) is 4.44. The van der Waals surface area contributed by atoms with E-state index in [-0.39, 0.29) is 12.0 Å². The predicted octanol–water partition coefficient (Wildman–Crippen LogP) is 1.16. The van der Waals surface area contributed by atoms with E-state index in [2.05, 4.69) is 16.9 Å². The Labute approximate surface area is 114 Å². The lowest BCUT2D eigenvalue weighted by Gasteiger charge is -2.29. The number of carbonyl (C=O) groups excluding carboxylic acids is 1. The molecule has 4 nitrogen and oxygen atoms in total. The van der Waals surface area contributed by atoms with Crippen LogP contribution in [0.15, 0.2) is 0 Å². The summed E-state index contributed by atoms with van der Waals surface area (Å²) in [7, 11) is 0. The molecule has 1 amide bonds. The minimum absolute atomic E-state index is 0.0567. The number of nitrogens with one attached hydrogen (secondary N) is 2. The van der Waals surface area contributed by atoms with Gasteiger partial charge in [0.2, 0.25) is 5.91 Å². The molecule has 0 spiro atoms. The summed E-state index contributed by atoms with van der Waals surface area (Å²) in [6.07, 6.45) is 7.44. The summed E-state index contributed by atoms with van der Waals surface area (Å²) in [4.78, 5) is 11.9. The van der Waals surface area contributed by atoms with E-state index in [1.807, 2.05) is 11.8 Å². The van der Waals surface area contributed by atoms with Gasteiger partial charge in [0.15, 0.2) is 0 Å². The fourth-order valence-corrected chi connectivity index (χ4v) is 3.43. The van der Waals surface area contributed by atoms with E-state index in [0.717, 1.165) is 37.8 Å². The average Bonchev–Trinajstić information content (AvgIpc) is 2.40. The maximum Gasteiger partial charge on any atom is 0.222 e. The van der Waals surface area contributed by atoms with E-state index >= 15 is 0 Å². The quantitative estimate of drug-likeness (QED) is 0.806. The number of thioether (sulfide) groups is 1. The maximum atomic E-state index is 11.9. The SMILES string of the molecule is CSC1CCC(NC(=O)CC2CNCCO2)CC1. The Kier molecular flexibility index (Phi) is 5.79. The fraction of sp³-hybridized carbons (Fsp3) is 0.923. The number of hydrogen-bond acceptors (Lipinski definition) is 4. The van der Waals surface area contributed by atoms with Crippen molar-refractivity contribution in [3.63, 3.8) is 0 Å². The van der Waals surface area contributed by atoms with Crippen LogP contribution in [0.2, 0.25) is 0 Å². The van der Waals surface area contributed by atoms with Crippen LogP contribution < -0.4 is 10.6 Å². The predicted molar refractivity (Wildman–Crippen MR) is 74.9 cm³/mol. The second kappa shape index (κ2) is 7.36. The summed E-state index contributed by atoms with van der Waals surface area (Å²) < 4.78 is 5.55. The van der Waals surface area contributed by atoms with Crippen LogP contribution in [-0.2, 0) is 9.53 Å². The van der Waals surface area contributed by atoms with Crippen LogP contribution in [0.1, 0.15) is 32.1 Å². The zero-order valence-electron chi connectivity index (χ0n) is 11.1. The first-order valence-electron chi connectivity index (χ1n) is 6.92. The summed E-state index contributed by atoms with van der Waals surface area (Å²) >= 11 is 1.95. The summed E-state index contributed by atoms with van der Waals surface area (Å²) in [5.41, 5.74) is 0. The number of amides is 1. The Bertz CT molecular complexity index is 262. The molecule has 5 heteroatoms. The van der Waals surface area contributed by atoms with Crippen LogP contribution in [0.3, 0.4) is 0 Å². The lowest BCUT2D eigenvalue weighted by Crippen LogP contribution is -2.44. The molecule has 1 saturated heterocycles. The van der Waals surface area contributed by atoms with E-state index < -0.39 is 0 Å². The topological polar surface area (TPSA) is 50.4 Å². The Hall–Kier alpha value is -0.260. The normalized spacial score (nSPS) is 33.1. The smallest absolute Gasteiger partial charge is 0.222 e. The third-order valence-electron chi connectivity index (χ3n) is 3.79. The lowest BCUT2D eigenvalue weighted by molar-refractivity contribution is -0.125. The Balaban J connectivity index is 1.65. The van der Waals surface area contributed by atoms with E-state index in [0.29, 0.717) is 12.5 Å². The van der Waals surface area contributed by atoms with Crippen LogP contribution in [0.25, 0.3) is 0 Å². The molecule has 1 aliphatic carbocycles. The second-order valence-electron chi connectivity index (χ2n) is 5.18. The van der Waals surface area contributed by atoms with Crippen molar-refractivity contribution in [3.05, 3.63) is 0 Å². The molecule has 2 aliphatic rings. The first-order valence-corrected chi connectivity index (χ1v) is 8.21. The molecule has 0 aromatic rings. The molecule has 1 atom stereocenters. The highest BCUT2D eigenvalue weighted by atomic mass is 32.2. The molecule has 2 N–H and O–H groups in total. The zero-order chi connectivity index (χ0) is 12.8. The summed E-state index contributed by atoms with van der Waals surface area (Å²) in [6, 6.07) is 0.387. The summed E-state index contributed by atoms with van der Waals surface area (Å²) in [6.45, 7) is 2.42. The first kappa shape index (κ1) is 14.2. The Morgan fingerprint density at radius 1 is 1.39 bits per heavy atom. The fourth-order valence-electron chi connectivity index (χ4n) is 2.69. The Morgan fingerprint density at radius 2 is 2.17 bits per heavy atom. The van der Waals surface area contributed by atoms with Gasteiger partial charge in [-0.1, -0.05) is 0 Å². The number of morpholine rings is 1. The van der Waals surface area contributed by atoms with Crippen molar-refractivity contribution < 1.29 is 9.53 Å². The van der Waals surface area contributed by atoms with Crippen molar-refractivity contribution >= 4 is 17.7 Å². The van der Waals surface area contributed by atoms with Gasteiger partial charge in [-0.3, -0.25) is 4.79 Å². The van der Waals surface area contributed by atoms with E-state index in [9.17, 15) is 4.79 Å². The molecular weight excluding hydrogens is 248 g/mol. The molecule has 0 aromatic carbocycles. The van der Waals surface area contributed by atoms with Crippen molar-refractivity contribution in [1.82, 2.24) is 10.6 Å². The molecule has 0 radical (unpaired) electrons. The van der Waals surface area contributed by atoms with Crippen molar-refractivity contribution in [1.29, 1.82) is 0 Å². The van der Waals surface area contributed by atoms with Crippen LogP contribution in [0, 0.1) is 0 Å². The maximum absolute atomic E-state index is 11.9. The molecule has 2 fully saturated rings. The second-order valence-corrected chi connectivity index (χ2v) is 6.32. The van der Waals surface area contributed by atoms with Gasteiger partial charge in [0.1, 0.15) is 0 Å². The van der Waals surface area contributed by atoms with Gasteiger partial charge >= 0.3 is 0 Å². The highest BCUT2D eigenvalue weighted by Gasteiger charge is 2.23. The highest BCUT2D eigenvalue weighted by molar-refractivity contribution is 7.99. The van der Waals surface area contributed by atoms with Gasteiger partial charge in [-0.25, -0.2) is 0 Å². The minimum atomic E-state index is 0.0567. The van der Waals surface area contributed by atoms with Gasteiger partial charge in [-0.2, -0.15) is 11.8 Å². The molecule has 1 unspecified atom stereocenters. The zero-order valence-corrected chi connectivity index (χ0v) is 11.9. The van der Waals surface area contributed by atoms with Crippen LogP contribution in [0.5, 0.6) is 0 Å². The number of ether oxygens (including phenoxy) is 1. The van der Waals surface area contributed by atoms with Crippen molar-refractivity contribution in [2.75, 3.05) is 26.0 Å². The Morgan fingerprint density at radius 3 is 2.78 bits per heavy atom. The monoisotopic (exact) mass is 272 g/mol. The molecule has 1 aliphatic heterocycles. The highest BCUT2D eigenvalue weighted by Crippen LogP contribution is 2.26. The minimum Gasteiger partial charge on any atom is -0.375 e. The molecule has 1 heterocycles. The molecule has 0 aromatic heterocycles. The molecule has 18 heavy (non-hydrogen) atoms. The number of hydrogen-bond donors (Lipinski definition) is 2. The van der Waals surface area contributed by atoms with Crippen molar-refractivity contribution in [2.45, 2.75) is 49.5 Å². The van der Waals surface area contributed by atoms with Gasteiger partial charge in [-0.05, 0) is 31.9 Å². The molecule has 0 bridgehead atoms. The van der Waals surface area contributed by atoms with Crippen molar-refractivity contribution in [3.8, 4) is 0 Å². The third-order valence-corrected chi connectivity index (χ3v) is 4.93. The average molecular weight is 272 g/mol. The van der Waals surface area contributed by atoms with Crippen molar-refractivity contribution in [2.24, 2.45) is 0 Å².